The molecule has 0 saturated heterocycles. The van der Waals surface area contributed by atoms with E-state index in [1.54, 1.807) is 12.1 Å². The molecule has 1 aliphatic rings. The molecule has 32 heavy (non-hydrogen) atoms. The van der Waals surface area contributed by atoms with Gasteiger partial charge in [0.2, 0.25) is 11.8 Å². The van der Waals surface area contributed by atoms with Crippen molar-refractivity contribution in [3.63, 3.8) is 0 Å². The molecule has 2 heterocycles. The van der Waals surface area contributed by atoms with Gasteiger partial charge in [0.1, 0.15) is 11.6 Å². The Bertz CT molecular complexity index is 1230. The smallest absolute Gasteiger partial charge is 0.228 e. The van der Waals surface area contributed by atoms with E-state index in [9.17, 15) is 18.4 Å². The summed E-state index contributed by atoms with van der Waals surface area (Å²) in [5, 5.41) is 20.1. The summed E-state index contributed by atoms with van der Waals surface area (Å²) < 4.78 is 27.1. The number of H-pyrrole nitrogens is 2. The second-order valence-corrected chi connectivity index (χ2v) is 8.06. The van der Waals surface area contributed by atoms with Gasteiger partial charge < -0.3 is 10.6 Å². The SMILES string of the molecule is O=C(Nc1n[nH]c2ccc(F)cc12)C1CCCC(C(=O)Nc2n[nH]c3ccc(F)cc23)C1. The first-order valence-electron chi connectivity index (χ1n) is 10.4. The predicted molar refractivity (Wildman–Crippen MR) is 115 cm³/mol. The Morgan fingerprint density at radius 3 is 1.75 bits per heavy atom. The van der Waals surface area contributed by atoms with Crippen LogP contribution in [0.25, 0.3) is 21.8 Å². The number of nitrogens with one attached hydrogen (secondary N) is 4. The third-order valence-electron chi connectivity index (χ3n) is 5.95. The Morgan fingerprint density at radius 1 is 0.812 bits per heavy atom. The summed E-state index contributed by atoms with van der Waals surface area (Å²) in [5.41, 5.74) is 1.23. The molecule has 164 valence electrons. The van der Waals surface area contributed by atoms with Crippen LogP contribution in [0, 0.1) is 23.5 Å². The maximum atomic E-state index is 13.6. The fourth-order valence-corrected chi connectivity index (χ4v) is 4.27. The molecule has 2 aromatic carbocycles. The topological polar surface area (TPSA) is 116 Å². The Kier molecular flexibility index (Phi) is 5.04. The quantitative estimate of drug-likeness (QED) is 0.384. The number of anilines is 2. The van der Waals surface area contributed by atoms with Crippen molar-refractivity contribution >= 4 is 45.3 Å². The molecule has 1 saturated carbocycles. The first-order valence-corrected chi connectivity index (χ1v) is 10.4. The number of carbonyl (C=O) groups excluding carboxylic acids is 2. The molecule has 1 fully saturated rings. The van der Waals surface area contributed by atoms with Gasteiger partial charge >= 0.3 is 0 Å². The van der Waals surface area contributed by atoms with Crippen LogP contribution >= 0.6 is 0 Å². The number of aromatic nitrogens is 4. The number of benzene rings is 2. The van der Waals surface area contributed by atoms with Crippen molar-refractivity contribution in [3.05, 3.63) is 48.0 Å². The summed E-state index contributed by atoms with van der Waals surface area (Å²) >= 11 is 0. The molecular formula is C22H20F2N6O2. The van der Waals surface area contributed by atoms with Crippen molar-refractivity contribution < 1.29 is 18.4 Å². The minimum Gasteiger partial charge on any atom is -0.308 e. The lowest BCUT2D eigenvalue weighted by molar-refractivity contribution is -0.124. The second kappa shape index (κ2) is 8.03. The lowest BCUT2D eigenvalue weighted by Gasteiger charge is -2.27. The van der Waals surface area contributed by atoms with Gasteiger partial charge in [0.25, 0.3) is 0 Å². The molecule has 4 aromatic rings. The van der Waals surface area contributed by atoms with Gasteiger partial charge in [-0.2, -0.15) is 10.2 Å². The van der Waals surface area contributed by atoms with E-state index in [4.69, 9.17) is 0 Å². The number of fused-ring (bicyclic) bond motifs is 2. The number of halogens is 2. The van der Waals surface area contributed by atoms with Crippen molar-refractivity contribution in [1.29, 1.82) is 0 Å². The van der Waals surface area contributed by atoms with E-state index in [-0.39, 0.29) is 35.3 Å². The summed E-state index contributed by atoms with van der Waals surface area (Å²) in [5.74, 6) is -1.59. The van der Waals surface area contributed by atoms with Gasteiger partial charge in [-0.05, 0) is 55.7 Å². The lowest BCUT2D eigenvalue weighted by Crippen LogP contribution is -2.33. The predicted octanol–water partition coefficient (Wildman–Crippen LogP) is 4.10. The number of hydrogen-bond donors (Lipinski definition) is 4. The van der Waals surface area contributed by atoms with Crippen LogP contribution in [0.1, 0.15) is 25.7 Å². The molecular weight excluding hydrogens is 418 g/mol. The minimum atomic E-state index is -0.422. The number of nitrogens with zero attached hydrogens (tertiary/aromatic N) is 2. The Morgan fingerprint density at radius 2 is 1.28 bits per heavy atom. The zero-order valence-corrected chi connectivity index (χ0v) is 16.9. The first kappa shape index (κ1) is 20.1. The van der Waals surface area contributed by atoms with E-state index in [1.165, 1.54) is 24.3 Å². The zero-order valence-electron chi connectivity index (χ0n) is 16.9. The highest BCUT2D eigenvalue weighted by Gasteiger charge is 2.32. The first-order chi connectivity index (χ1) is 15.5. The molecule has 0 spiro atoms. The molecule has 2 aromatic heterocycles. The molecule has 5 rings (SSSR count). The summed E-state index contributed by atoms with van der Waals surface area (Å²) in [6.07, 6.45) is 2.36. The molecule has 0 bridgehead atoms. The number of amides is 2. The van der Waals surface area contributed by atoms with Crippen molar-refractivity contribution in [3.8, 4) is 0 Å². The van der Waals surface area contributed by atoms with E-state index < -0.39 is 11.6 Å². The maximum absolute atomic E-state index is 13.6. The average Bonchev–Trinajstić information content (AvgIpc) is 3.37. The van der Waals surface area contributed by atoms with Crippen LogP contribution in [-0.2, 0) is 9.59 Å². The van der Waals surface area contributed by atoms with E-state index in [0.29, 0.717) is 47.5 Å². The van der Waals surface area contributed by atoms with Crippen LogP contribution in [0.4, 0.5) is 20.4 Å². The van der Waals surface area contributed by atoms with Crippen LogP contribution in [0.2, 0.25) is 0 Å². The normalized spacial score (nSPS) is 18.7. The highest BCUT2D eigenvalue weighted by Crippen LogP contribution is 2.32. The fraction of sp³-hybridized carbons (Fsp3) is 0.273. The van der Waals surface area contributed by atoms with Crippen molar-refractivity contribution in [1.82, 2.24) is 20.4 Å². The molecule has 2 amide bonds. The number of hydrogen-bond acceptors (Lipinski definition) is 4. The Labute approximate surface area is 180 Å². The Hall–Kier alpha value is -3.82. The highest BCUT2D eigenvalue weighted by atomic mass is 19.1. The van der Waals surface area contributed by atoms with Crippen LogP contribution in [0.15, 0.2) is 36.4 Å². The van der Waals surface area contributed by atoms with Crippen LogP contribution < -0.4 is 10.6 Å². The van der Waals surface area contributed by atoms with Crippen LogP contribution in [-0.4, -0.2) is 32.2 Å². The molecule has 10 heteroatoms. The maximum Gasteiger partial charge on any atom is 0.228 e. The molecule has 1 aliphatic carbocycles. The summed E-state index contributed by atoms with van der Waals surface area (Å²) in [6.45, 7) is 0. The van der Waals surface area contributed by atoms with Gasteiger partial charge in [-0.25, -0.2) is 8.78 Å². The van der Waals surface area contributed by atoms with E-state index >= 15 is 0 Å². The molecule has 4 N–H and O–H groups in total. The third kappa shape index (κ3) is 3.79. The highest BCUT2D eigenvalue weighted by molar-refractivity contribution is 6.02. The molecule has 2 atom stereocenters. The van der Waals surface area contributed by atoms with Gasteiger partial charge in [-0.15, -0.1) is 0 Å². The van der Waals surface area contributed by atoms with E-state index in [1.807, 2.05) is 0 Å². The third-order valence-corrected chi connectivity index (χ3v) is 5.95. The van der Waals surface area contributed by atoms with Crippen LogP contribution in [0.3, 0.4) is 0 Å². The van der Waals surface area contributed by atoms with Gasteiger partial charge in [-0.3, -0.25) is 19.8 Å². The molecule has 0 radical (unpaired) electrons. The van der Waals surface area contributed by atoms with Crippen molar-refractivity contribution in [2.75, 3.05) is 10.6 Å². The fourth-order valence-electron chi connectivity index (χ4n) is 4.27. The van der Waals surface area contributed by atoms with E-state index in [2.05, 4.69) is 31.0 Å². The monoisotopic (exact) mass is 438 g/mol. The van der Waals surface area contributed by atoms with Crippen molar-refractivity contribution in [2.24, 2.45) is 11.8 Å². The standard InChI is InChI=1S/C22H20F2N6O2/c23-13-4-6-17-15(9-13)19(29-27-17)25-21(31)11-2-1-3-12(8-11)22(32)26-20-16-10-14(24)5-7-18(16)28-30-20/h4-7,9-12H,1-3,8H2,(H2,25,27,29,31)(H2,26,28,30,32). The molecule has 0 aliphatic heterocycles. The minimum absolute atomic E-state index is 0.257. The average molecular weight is 438 g/mol. The lowest BCUT2D eigenvalue weighted by atomic mass is 9.80. The summed E-state index contributed by atoms with van der Waals surface area (Å²) in [7, 11) is 0. The van der Waals surface area contributed by atoms with Gasteiger partial charge in [0.15, 0.2) is 11.6 Å². The zero-order chi connectivity index (χ0) is 22.2. The second-order valence-electron chi connectivity index (χ2n) is 8.06. The molecule has 8 nitrogen and oxygen atoms in total. The summed E-state index contributed by atoms with van der Waals surface area (Å²) in [4.78, 5) is 25.7. The van der Waals surface area contributed by atoms with Gasteiger partial charge in [0, 0.05) is 22.6 Å². The van der Waals surface area contributed by atoms with Crippen molar-refractivity contribution in [2.45, 2.75) is 25.7 Å². The molecule has 2 unspecified atom stereocenters. The largest absolute Gasteiger partial charge is 0.308 e. The Balaban J connectivity index is 1.27. The van der Waals surface area contributed by atoms with Crippen LogP contribution in [0.5, 0.6) is 0 Å². The van der Waals surface area contributed by atoms with Gasteiger partial charge in [0.05, 0.1) is 11.0 Å². The number of aromatic amines is 2. The summed E-state index contributed by atoms with van der Waals surface area (Å²) in [6, 6.07) is 8.35. The number of carbonyl (C=O) groups is 2. The number of rotatable bonds is 4. The van der Waals surface area contributed by atoms with Gasteiger partial charge in [-0.1, -0.05) is 6.42 Å². The van der Waals surface area contributed by atoms with E-state index in [0.717, 1.165) is 0 Å².